The molecule has 0 saturated heterocycles. The minimum atomic E-state index is -0.433. The molecule has 1 aliphatic rings. The first-order valence-electron chi connectivity index (χ1n) is 8.84. The van der Waals surface area contributed by atoms with E-state index in [0.29, 0.717) is 17.8 Å². The van der Waals surface area contributed by atoms with E-state index in [4.69, 9.17) is 4.74 Å². The number of benzene rings is 1. The maximum absolute atomic E-state index is 12.6. The average molecular weight is 332 g/mol. The van der Waals surface area contributed by atoms with E-state index in [1.807, 2.05) is 32.0 Å². The van der Waals surface area contributed by atoms with E-state index in [-0.39, 0.29) is 17.9 Å². The number of rotatable bonds is 6. The van der Waals surface area contributed by atoms with Gasteiger partial charge in [-0.05, 0) is 43.9 Å². The Morgan fingerprint density at radius 2 is 1.79 bits per heavy atom. The Morgan fingerprint density at radius 3 is 2.38 bits per heavy atom. The van der Waals surface area contributed by atoms with Gasteiger partial charge in [-0.2, -0.15) is 0 Å². The number of hydrogen-bond acceptors (Lipinski definition) is 3. The zero-order chi connectivity index (χ0) is 17.5. The fourth-order valence-electron chi connectivity index (χ4n) is 3.09. The molecule has 5 heteroatoms. The normalized spacial score (nSPS) is 16.5. The van der Waals surface area contributed by atoms with Gasteiger partial charge in [0, 0.05) is 18.3 Å². The summed E-state index contributed by atoms with van der Waals surface area (Å²) in [5.41, 5.74) is 2.26. The molecule has 0 aliphatic heterocycles. The molecule has 0 aromatic heterocycles. The van der Waals surface area contributed by atoms with Crippen LogP contribution in [0, 0.1) is 6.92 Å². The van der Waals surface area contributed by atoms with Crippen LogP contribution >= 0.6 is 0 Å². The van der Waals surface area contributed by atoms with Crippen molar-refractivity contribution in [1.29, 1.82) is 0 Å². The quantitative estimate of drug-likeness (QED) is 0.827. The van der Waals surface area contributed by atoms with E-state index < -0.39 is 6.10 Å². The highest BCUT2D eigenvalue weighted by atomic mass is 16.5. The number of hydrogen-bond donors (Lipinski definition) is 2. The third-order valence-electron chi connectivity index (χ3n) is 4.47. The Morgan fingerprint density at radius 1 is 1.17 bits per heavy atom. The molecule has 1 saturated carbocycles. The molecule has 1 atom stereocenters. The lowest BCUT2D eigenvalue weighted by Gasteiger charge is -2.26. The van der Waals surface area contributed by atoms with Crippen LogP contribution in [0.1, 0.15) is 57.9 Å². The number of anilines is 2. The Kier molecular flexibility index (Phi) is 6.79. The highest BCUT2D eigenvalue weighted by Gasteiger charge is 2.24. The summed E-state index contributed by atoms with van der Waals surface area (Å²) in [5.74, 6) is -0.250. The molecule has 2 N–H and O–H groups in total. The van der Waals surface area contributed by atoms with Crippen molar-refractivity contribution in [2.75, 3.05) is 10.6 Å². The number of amides is 2. The van der Waals surface area contributed by atoms with Crippen molar-refractivity contribution in [3.05, 3.63) is 23.8 Å². The van der Waals surface area contributed by atoms with Crippen LogP contribution in [0.2, 0.25) is 0 Å². The van der Waals surface area contributed by atoms with Crippen molar-refractivity contribution in [2.24, 2.45) is 0 Å². The molecule has 1 aliphatic carbocycles. The zero-order valence-corrected chi connectivity index (χ0v) is 14.9. The van der Waals surface area contributed by atoms with Gasteiger partial charge in [-0.15, -0.1) is 0 Å². The van der Waals surface area contributed by atoms with Crippen molar-refractivity contribution in [3.8, 4) is 0 Å². The molecular weight excluding hydrogens is 304 g/mol. The van der Waals surface area contributed by atoms with Gasteiger partial charge in [-0.3, -0.25) is 9.59 Å². The van der Waals surface area contributed by atoms with Crippen LogP contribution in [-0.2, 0) is 14.3 Å². The Hall–Kier alpha value is -1.88. The summed E-state index contributed by atoms with van der Waals surface area (Å²) in [6.07, 6.45) is 6.12. The lowest BCUT2D eigenvalue weighted by Crippen LogP contribution is -2.34. The van der Waals surface area contributed by atoms with Crippen molar-refractivity contribution in [1.82, 2.24) is 0 Å². The van der Waals surface area contributed by atoms with Crippen LogP contribution in [0.3, 0.4) is 0 Å². The van der Waals surface area contributed by atoms with Gasteiger partial charge in [-0.25, -0.2) is 0 Å². The van der Waals surface area contributed by atoms with E-state index in [9.17, 15) is 9.59 Å². The maximum atomic E-state index is 12.6. The average Bonchev–Trinajstić information content (AvgIpc) is 2.56. The molecule has 132 valence electrons. The molecule has 2 amide bonds. The van der Waals surface area contributed by atoms with E-state index >= 15 is 0 Å². The fourth-order valence-corrected chi connectivity index (χ4v) is 3.09. The van der Waals surface area contributed by atoms with Crippen LogP contribution < -0.4 is 10.6 Å². The van der Waals surface area contributed by atoms with Crippen LogP contribution in [-0.4, -0.2) is 24.0 Å². The van der Waals surface area contributed by atoms with Crippen molar-refractivity contribution in [3.63, 3.8) is 0 Å². The van der Waals surface area contributed by atoms with Crippen molar-refractivity contribution in [2.45, 2.75) is 71.5 Å². The predicted molar refractivity (Wildman–Crippen MR) is 96.1 cm³/mol. The van der Waals surface area contributed by atoms with E-state index in [1.54, 1.807) is 0 Å². The van der Waals surface area contributed by atoms with Gasteiger partial charge in [-0.1, -0.05) is 32.3 Å². The molecule has 24 heavy (non-hydrogen) atoms. The van der Waals surface area contributed by atoms with E-state index in [2.05, 4.69) is 10.6 Å². The third-order valence-corrected chi connectivity index (χ3v) is 4.47. The molecule has 0 bridgehead atoms. The molecule has 1 aromatic carbocycles. The van der Waals surface area contributed by atoms with Gasteiger partial charge in [0.15, 0.2) is 0 Å². The number of carbonyl (C=O) groups excluding carboxylic acids is 2. The number of carbonyl (C=O) groups is 2. The largest absolute Gasteiger partial charge is 0.365 e. The van der Waals surface area contributed by atoms with Gasteiger partial charge >= 0.3 is 0 Å². The summed E-state index contributed by atoms with van der Waals surface area (Å²) in [7, 11) is 0. The van der Waals surface area contributed by atoms with Gasteiger partial charge in [0.2, 0.25) is 5.91 Å². The number of ether oxygens (including phenoxy) is 1. The van der Waals surface area contributed by atoms with Gasteiger partial charge in [0.25, 0.3) is 5.91 Å². The molecule has 2 rings (SSSR count). The molecule has 5 nitrogen and oxygen atoms in total. The first-order valence-corrected chi connectivity index (χ1v) is 8.84. The van der Waals surface area contributed by atoms with Crippen molar-refractivity contribution >= 4 is 23.2 Å². The SMILES string of the molecule is CCC(OC1CCCCC1)C(=O)Nc1cccc(NC(C)=O)c1C. The van der Waals surface area contributed by atoms with E-state index in [1.165, 1.54) is 26.2 Å². The summed E-state index contributed by atoms with van der Waals surface area (Å²) >= 11 is 0. The Balaban J connectivity index is 2.02. The van der Waals surface area contributed by atoms with Crippen LogP contribution in [0.15, 0.2) is 18.2 Å². The highest BCUT2D eigenvalue weighted by molar-refractivity contribution is 5.97. The maximum Gasteiger partial charge on any atom is 0.253 e. The number of nitrogens with one attached hydrogen (secondary N) is 2. The summed E-state index contributed by atoms with van der Waals surface area (Å²) in [5, 5.41) is 5.72. The smallest absolute Gasteiger partial charge is 0.253 e. The second-order valence-corrected chi connectivity index (χ2v) is 6.44. The van der Waals surface area contributed by atoms with Crippen LogP contribution in [0.4, 0.5) is 11.4 Å². The van der Waals surface area contributed by atoms with Crippen LogP contribution in [0.25, 0.3) is 0 Å². The molecular formula is C19H28N2O3. The monoisotopic (exact) mass is 332 g/mol. The lowest BCUT2D eigenvalue weighted by atomic mass is 9.97. The van der Waals surface area contributed by atoms with Gasteiger partial charge < -0.3 is 15.4 Å². The molecule has 0 heterocycles. The summed E-state index contributed by atoms with van der Waals surface area (Å²) in [6, 6.07) is 5.48. The lowest BCUT2D eigenvalue weighted by molar-refractivity contribution is -0.132. The second-order valence-electron chi connectivity index (χ2n) is 6.44. The van der Waals surface area contributed by atoms with Crippen molar-refractivity contribution < 1.29 is 14.3 Å². The molecule has 1 unspecified atom stereocenters. The Bertz CT molecular complexity index is 580. The second kappa shape index (κ2) is 8.83. The van der Waals surface area contributed by atoms with Gasteiger partial charge in [0.1, 0.15) is 6.10 Å². The molecule has 0 radical (unpaired) electrons. The fraction of sp³-hybridized carbons (Fsp3) is 0.579. The summed E-state index contributed by atoms with van der Waals surface area (Å²) in [4.78, 5) is 23.8. The Labute approximate surface area is 144 Å². The first kappa shape index (κ1) is 18.5. The predicted octanol–water partition coefficient (Wildman–Crippen LogP) is 4.02. The highest BCUT2D eigenvalue weighted by Crippen LogP contribution is 2.25. The molecule has 1 fully saturated rings. The summed E-state index contributed by atoms with van der Waals surface area (Å²) < 4.78 is 6.03. The third kappa shape index (κ3) is 5.06. The minimum absolute atomic E-state index is 0.119. The minimum Gasteiger partial charge on any atom is -0.365 e. The summed E-state index contributed by atoms with van der Waals surface area (Å²) in [6.45, 7) is 5.31. The van der Waals surface area contributed by atoms with Gasteiger partial charge in [0.05, 0.1) is 6.10 Å². The topological polar surface area (TPSA) is 67.4 Å². The first-order chi connectivity index (χ1) is 11.5. The standard InChI is InChI=1S/C19H28N2O3/c1-4-18(24-15-9-6-5-7-10-15)19(23)21-17-12-8-11-16(13(17)2)20-14(3)22/h8,11-12,15,18H,4-7,9-10H2,1-3H3,(H,20,22)(H,21,23). The molecule has 1 aromatic rings. The zero-order valence-electron chi connectivity index (χ0n) is 14.9. The molecule has 0 spiro atoms. The van der Waals surface area contributed by atoms with E-state index in [0.717, 1.165) is 18.4 Å². The van der Waals surface area contributed by atoms with Crippen LogP contribution in [0.5, 0.6) is 0 Å².